The summed E-state index contributed by atoms with van der Waals surface area (Å²) in [5.74, 6) is 1.66. The van der Waals surface area contributed by atoms with Crippen LogP contribution >= 0.6 is 0 Å². The minimum atomic E-state index is -0.288. The van der Waals surface area contributed by atoms with Crippen molar-refractivity contribution in [3.63, 3.8) is 0 Å². The fourth-order valence-electron chi connectivity index (χ4n) is 14.9. The average Bonchev–Trinajstić information content (AvgIpc) is 3.96. The molecule has 5 aliphatic carbocycles. The second kappa shape index (κ2) is 16.7. The molecule has 0 heteroatoms. The van der Waals surface area contributed by atoms with E-state index in [0.717, 1.165) is 11.8 Å². The van der Waals surface area contributed by atoms with Gasteiger partial charge in [-0.3, -0.25) is 0 Å². The summed E-state index contributed by atoms with van der Waals surface area (Å²) < 4.78 is 0. The summed E-state index contributed by atoms with van der Waals surface area (Å²) in [6.45, 7) is 27.2. The van der Waals surface area contributed by atoms with E-state index in [0.29, 0.717) is 10.8 Å². The fraction of sp³-hybridized carbons (Fsp3) is 0.314. The molecule has 70 heavy (non-hydrogen) atoms. The Morgan fingerprint density at radius 1 is 0.286 bits per heavy atom. The van der Waals surface area contributed by atoms with E-state index in [1.54, 1.807) is 11.1 Å². The lowest BCUT2D eigenvalue weighted by Gasteiger charge is -2.48. The van der Waals surface area contributed by atoms with Gasteiger partial charge in [-0.05, 0) is 171 Å². The van der Waals surface area contributed by atoms with Crippen LogP contribution in [-0.2, 0) is 21.7 Å². The van der Waals surface area contributed by atoms with Gasteiger partial charge >= 0.3 is 0 Å². The first-order valence-corrected chi connectivity index (χ1v) is 26.3. The van der Waals surface area contributed by atoms with Gasteiger partial charge in [0.1, 0.15) is 0 Å². The standard InChI is InChI=1S/C29H26.C24H28.C17H18/c1-19-5-11-23(12-6-19)29(24-13-7-20(2)8-14-24)27-17-21(3)9-15-25(27)26-16-10-22(4)18-28(26)29;1-15-5-7-19-20-8-6-16(2)10-22(20)24-13-17(3)11-23(24,21(19)9-15)12-18(4)14-24;1-11-5-7-13-14-8-6-12(2)10-16(14)17(3,4)15(13)9-11/h5-18H,1-4H3;5-10,17-18H,11-14H2,1-4H3;5-10H,1-4H3. The predicted molar refractivity (Wildman–Crippen MR) is 298 cm³/mol. The SMILES string of the molecule is Cc1ccc(C2(c3ccc(C)cc3)c3cc(C)ccc3-c3ccc(C)cc32)cc1.Cc1ccc2c(c1)C(C)(C)c1cc(C)ccc1-2.Cc1ccc2c(c1)C13CC(C)CC1(CC(C)C3)c1cc(C)ccc1-2. The Hall–Kier alpha value is -6.24. The van der Waals surface area contributed by atoms with Crippen LogP contribution in [0.3, 0.4) is 0 Å². The summed E-state index contributed by atoms with van der Waals surface area (Å²) in [6, 6.07) is 60.3. The van der Waals surface area contributed by atoms with Gasteiger partial charge in [0.25, 0.3) is 0 Å². The van der Waals surface area contributed by atoms with Crippen LogP contribution in [-0.4, -0.2) is 0 Å². The van der Waals surface area contributed by atoms with Crippen LogP contribution in [0.1, 0.15) is 142 Å². The molecule has 5 aliphatic rings. The largest absolute Gasteiger partial charge is 0.0713 e. The summed E-state index contributed by atoms with van der Waals surface area (Å²) in [7, 11) is 0. The third-order valence-electron chi connectivity index (χ3n) is 17.8. The van der Waals surface area contributed by atoms with Crippen molar-refractivity contribution >= 4 is 0 Å². The molecule has 0 spiro atoms. The molecular weight excluding hydrogens is 841 g/mol. The minimum absolute atomic E-state index is 0.142. The molecule has 0 bridgehead atoms. The Kier molecular flexibility index (Phi) is 11.0. The van der Waals surface area contributed by atoms with Crippen molar-refractivity contribution < 1.29 is 0 Å². The Morgan fingerprint density at radius 3 is 0.814 bits per heavy atom. The maximum atomic E-state index is 2.53. The zero-order chi connectivity index (χ0) is 49.1. The molecule has 0 nitrogen and oxygen atoms in total. The molecule has 8 aromatic rings. The molecule has 0 N–H and O–H groups in total. The molecule has 2 fully saturated rings. The Bertz CT molecular complexity index is 3110. The molecule has 0 unspecified atom stereocenters. The van der Waals surface area contributed by atoms with Crippen LogP contribution in [0.5, 0.6) is 0 Å². The first-order chi connectivity index (χ1) is 33.4. The molecule has 0 atom stereocenters. The van der Waals surface area contributed by atoms with E-state index in [1.165, 1.54) is 137 Å². The van der Waals surface area contributed by atoms with E-state index < -0.39 is 0 Å². The van der Waals surface area contributed by atoms with E-state index in [-0.39, 0.29) is 10.8 Å². The Labute approximate surface area is 420 Å². The van der Waals surface area contributed by atoms with E-state index in [9.17, 15) is 0 Å². The molecule has 0 aromatic heterocycles. The van der Waals surface area contributed by atoms with Gasteiger partial charge in [-0.1, -0.05) is 230 Å². The van der Waals surface area contributed by atoms with Gasteiger partial charge < -0.3 is 0 Å². The first-order valence-electron chi connectivity index (χ1n) is 26.3. The van der Waals surface area contributed by atoms with Gasteiger partial charge in [0.05, 0.1) is 5.41 Å². The normalized spacial score (nSPS) is 21.8. The van der Waals surface area contributed by atoms with Gasteiger partial charge in [0.15, 0.2) is 0 Å². The third kappa shape index (κ3) is 6.98. The van der Waals surface area contributed by atoms with E-state index in [1.807, 2.05) is 0 Å². The summed E-state index contributed by atoms with van der Waals surface area (Å²) in [6.07, 6.45) is 5.50. The van der Waals surface area contributed by atoms with Crippen molar-refractivity contribution in [2.24, 2.45) is 11.8 Å². The van der Waals surface area contributed by atoms with Crippen LogP contribution in [0.25, 0.3) is 33.4 Å². The zero-order valence-electron chi connectivity index (χ0n) is 44.0. The summed E-state index contributed by atoms with van der Waals surface area (Å²) in [4.78, 5) is 0. The zero-order valence-corrected chi connectivity index (χ0v) is 44.0. The van der Waals surface area contributed by atoms with E-state index >= 15 is 0 Å². The summed E-state index contributed by atoms with van der Waals surface area (Å²) in [5.41, 5.74) is 31.7. The monoisotopic (exact) mass is 913 g/mol. The highest BCUT2D eigenvalue weighted by Crippen LogP contribution is 2.71. The van der Waals surface area contributed by atoms with E-state index in [4.69, 9.17) is 0 Å². The molecule has 2 saturated carbocycles. The predicted octanol–water partition coefficient (Wildman–Crippen LogP) is 18.2. The van der Waals surface area contributed by atoms with Crippen molar-refractivity contribution in [3.05, 3.63) is 247 Å². The highest BCUT2D eigenvalue weighted by molar-refractivity contribution is 5.87. The molecule has 8 aromatic carbocycles. The fourth-order valence-corrected chi connectivity index (χ4v) is 14.9. The number of aryl methyl sites for hydroxylation is 8. The Morgan fingerprint density at radius 2 is 0.514 bits per heavy atom. The highest BCUT2D eigenvalue weighted by Gasteiger charge is 2.65. The number of benzene rings is 8. The van der Waals surface area contributed by atoms with Crippen LogP contribution in [0.2, 0.25) is 0 Å². The molecule has 0 saturated heterocycles. The van der Waals surface area contributed by atoms with Crippen molar-refractivity contribution in [2.75, 3.05) is 0 Å². The van der Waals surface area contributed by atoms with Gasteiger partial charge in [0, 0.05) is 16.2 Å². The lowest BCUT2D eigenvalue weighted by Crippen LogP contribution is -2.43. The van der Waals surface area contributed by atoms with Crippen LogP contribution in [0.4, 0.5) is 0 Å². The van der Waals surface area contributed by atoms with Crippen molar-refractivity contribution in [1.29, 1.82) is 0 Å². The molecule has 352 valence electrons. The summed E-state index contributed by atoms with van der Waals surface area (Å²) >= 11 is 0. The lowest BCUT2D eigenvalue weighted by atomic mass is 9.55. The molecule has 0 radical (unpaired) electrons. The van der Waals surface area contributed by atoms with Crippen LogP contribution < -0.4 is 0 Å². The second-order valence-corrected chi connectivity index (χ2v) is 23.6. The number of hydrogen-bond donors (Lipinski definition) is 0. The number of rotatable bonds is 2. The van der Waals surface area contributed by atoms with Crippen molar-refractivity contribution in [2.45, 2.75) is 130 Å². The molecular formula is C70H72. The topological polar surface area (TPSA) is 0 Å². The molecule has 0 aliphatic heterocycles. The molecule has 13 rings (SSSR count). The Balaban J connectivity index is 0.000000118. The minimum Gasteiger partial charge on any atom is -0.0624 e. The highest BCUT2D eigenvalue weighted by atomic mass is 14.7. The van der Waals surface area contributed by atoms with Gasteiger partial charge in [0.2, 0.25) is 0 Å². The number of fused-ring (bicyclic) bond motifs is 9. The van der Waals surface area contributed by atoms with Crippen molar-refractivity contribution in [3.8, 4) is 33.4 Å². The summed E-state index contributed by atoms with van der Waals surface area (Å²) in [5, 5.41) is 0. The van der Waals surface area contributed by atoms with E-state index in [2.05, 4.69) is 241 Å². The third-order valence-corrected chi connectivity index (χ3v) is 17.8. The van der Waals surface area contributed by atoms with Crippen LogP contribution in [0, 0.1) is 67.2 Å². The van der Waals surface area contributed by atoms with Gasteiger partial charge in [-0.15, -0.1) is 0 Å². The molecule has 0 heterocycles. The van der Waals surface area contributed by atoms with Gasteiger partial charge in [-0.2, -0.15) is 0 Å². The maximum absolute atomic E-state index is 2.53. The quantitative estimate of drug-likeness (QED) is 0.162. The smallest absolute Gasteiger partial charge is 0.0624 e. The average molecular weight is 913 g/mol. The lowest BCUT2D eigenvalue weighted by molar-refractivity contribution is 0.299. The second-order valence-electron chi connectivity index (χ2n) is 23.6. The first kappa shape index (κ1) is 46.2. The molecule has 0 amide bonds. The number of hydrogen-bond acceptors (Lipinski definition) is 0. The van der Waals surface area contributed by atoms with Crippen molar-refractivity contribution in [1.82, 2.24) is 0 Å². The van der Waals surface area contributed by atoms with Gasteiger partial charge in [-0.25, -0.2) is 0 Å². The maximum Gasteiger partial charge on any atom is 0.0713 e. The van der Waals surface area contributed by atoms with Crippen LogP contribution in [0.15, 0.2) is 158 Å².